The van der Waals surface area contributed by atoms with E-state index in [4.69, 9.17) is 16.7 Å². The van der Waals surface area contributed by atoms with Gasteiger partial charge in [-0.3, -0.25) is 9.00 Å². The SMILES string of the molecule is C#N.C1CCCCCC1.CC(C)(C)S(=O)c1ccc(N=C(N)c2c(N)cc[nH]c2=O)cc1. The lowest BCUT2D eigenvalue weighted by molar-refractivity contribution is 0.649. The van der Waals surface area contributed by atoms with Crippen LogP contribution in [-0.4, -0.2) is 19.8 Å². The molecule has 1 aliphatic rings. The highest BCUT2D eigenvalue weighted by molar-refractivity contribution is 7.86. The second-order valence-corrected chi connectivity index (χ2v) is 10.7. The fourth-order valence-electron chi connectivity index (χ4n) is 3.19. The normalized spacial score (nSPS) is 15.2. The van der Waals surface area contributed by atoms with Crippen LogP contribution in [0.25, 0.3) is 0 Å². The standard InChI is InChI=1S/C16H20N4O2S.C7H14.CHN/c1-16(2,3)23(22)11-6-4-10(5-7-11)20-14(18)13-12(17)8-9-19-15(13)21;1-2-4-6-7-5-3-1;1-2/h4-9H,1-3H3,(H2,18,20)(H3,17,19,21);1-7H2;1H. The van der Waals surface area contributed by atoms with Crippen LogP contribution in [-0.2, 0) is 10.8 Å². The number of hydrogen-bond acceptors (Lipinski definition) is 5. The van der Waals surface area contributed by atoms with E-state index in [0.717, 1.165) is 0 Å². The van der Waals surface area contributed by atoms with Crippen LogP contribution >= 0.6 is 0 Å². The Labute approximate surface area is 193 Å². The summed E-state index contributed by atoms with van der Waals surface area (Å²) in [5.74, 6) is 0.0362. The summed E-state index contributed by atoms with van der Waals surface area (Å²) in [5.41, 5.74) is 12.2. The van der Waals surface area contributed by atoms with Gasteiger partial charge < -0.3 is 16.5 Å². The Morgan fingerprint density at radius 1 is 1.00 bits per heavy atom. The number of nitrogen functional groups attached to an aromatic ring is 1. The largest absolute Gasteiger partial charge is 0.398 e. The Hall–Kier alpha value is -2.92. The minimum absolute atomic E-state index is 0.0362. The summed E-state index contributed by atoms with van der Waals surface area (Å²) in [6.07, 6.45) is 11.9. The molecule has 7 nitrogen and oxygen atoms in total. The number of nitrogens with one attached hydrogen (secondary N) is 1. The van der Waals surface area contributed by atoms with E-state index in [9.17, 15) is 9.00 Å². The third kappa shape index (κ3) is 8.67. The molecule has 0 radical (unpaired) electrons. The van der Waals surface area contributed by atoms with Gasteiger partial charge in [-0.25, -0.2) is 10.3 Å². The number of rotatable bonds is 3. The molecule has 8 heteroatoms. The number of aromatic amines is 1. The Morgan fingerprint density at radius 3 is 1.88 bits per heavy atom. The molecular weight excluding hydrogens is 422 g/mol. The molecule has 1 atom stereocenters. The highest BCUT2D eigenvalue weighted by atomic mass is 32.2. The van der Waals surface area contributed by atoms with Crippen molar-refractivity contribution in [2.75, 3.05) is 5.73 Å². The van der Waals surface area contributed by atoms with Crippen LogP contribution in [0.3, 0.4) is 0 Å². The van der Waals surface area contributed by atoms with Gasteiger partial charge >= 0.3 is 0 Å². The average molecular weight is 458 g/mol. The molecule has 174 valence electrons. The number of hydrogen-bond donors (Lipinski definition) is 3. The Balaban J connectivity index is 0.000000477. The smallest absolute Gasteiger partial charge is 0.261 e. The summed E-state index contributed by atoms with van der Waals surface area (Å²) in [6.45, 7) is 9.24. The van der Waals surface area contributed by atoms with Crippen molar-refractivity contribution in [2.45, 2.75) is 75.4 Å². The molecule has 1 saturated carbocycles. The molecule has 1 aliphatic carbocycles. The molecule has 2 aromatic rings. The first kappa shape index (κ1) is 27.1. The summed E-state index contributed by atoms with van der Waals surface area (Å²) in [4.78, 5) is 19.2. The maximum absolute atomic E-state index is 12.3. The fourth-order valence-corrected chi connectivity index (χ4v) is 4.28. The van der Waals surface area contributed by atoms with Gasteiger partial charge in [-0.2, -0.15) is 0 Å². The van der Waals surface area contributed by atoms with Gasteiger partial charge in [0.05, 0.1) is 16.5 Å². The monoisotopic (exact) mass is 457 g/mol. The van der Waals surface area contributed by atoms with E-state index in [2.05, 4.69) is 16.5 Å². The average Bonchev–Trinajstić information content (AvgIpc) is 3.08. The van der Waals surface area contributed by atoms with Gasteiger partial charge in [0, 0.05) is 28.1 Å². The first-order valence-corrected chi connectivity index (χ1v) is 11.9. The third-order valence-electron chi connectivity index (χ3n) is 4.86. The number of amidine groups is 1. The quantitative estimate of drug-likeness (QED) is 0.346. The number of nitrogens with two attached hydrogens (primary N) is 2. The van der Waals surface area contributed by atoms with Crippen LogP contribution in [0.15, 0.2) is 51.2 Å². The van der Waals surface area contributed by atoms with E-state index in [-0.39, 0.29) is 21.8 Å². The maximum atomic E-state index is 12.3. The van der Waals surface area contributed by atoms with E-state index in [1.165, 1.54) is 51.1 Å². The molecule has 0 aliphatic heterocycles. The number of H-pyrrole nitrogens is 1. The molecule has 0 spiro atoms. The minimum atomic E-state index is -1.12. The van der Waals surface area contributed by atoms with Crippen molar-refractivity contribution in [3.8, 4) is 6.57 Å². The number of anilines is 1. The fraction of sp³-hybridized carbons (Fsp3) is 0.458. The van der Waals surface area contributed by atoms with Crippen LogP contribution in [0.2, 0.25) is 0 Å². The number of nitriles is 1. The molecule has 0 amide bonds. The van der Waals surface area contributed by atoms with Crippen molar-refractivity contribution in [1.29, 1.82) is 5.26 Å². The molecule has 1 unspecified atom stereocenters. The first-order valence-electron chi connectivity index (χ1n) is 10.8. The predicted molar refractivity (Wildman–Crippen MR) is 133 cm³/mol. The highest BCUT2D eigenvalue weighted by Crippen LogP contribution is 2.23. The van der Waals surface area contributed by atoms with Gasteiger partial charge in [0.2, 0.25) is 0 Å². The summed E-state index contributed by atoms with van der Waals surface area (Å²) in [7, 11) is -1.12. The van der Waals surface area contributed by atoms with Crippen LogP contribution in [0, 0.1) is 11.8 Å². The summed E-state index contributed by atoms with van der Waals surface area (Å²) in [5, 5.41) is 6.50. The van der Waals surface area contributed by atoms with Crippen molar-refractivity contribution in [1.82, 2.24) is 4.98 Å². The van der Waals surface area contributed by atoms with Crippen LogP contribution in [0.1, 0.15) is 71.3 Å². The molecule has 0 saturated heterocycles. The van der Waals surface area contributed by atoms with Crippen molar-refractivity contribution >= 4 is 28.0 Å². The molecule has 1 aromatic carbocycles. The van der Waals surface area contributed by atoms with E-state index in [0.29, 0.717) is 10.6 Å². The minimum Gasteiger partial charge on any atom is -0.398 e. The molecule has 1 aromatic heterocycles. The van der Waals surface area contributed by atoms with E-state index < -0.39 is 16.4 Å². The maximum Gasteiger partial charge on any atom is 0.261 e. The van der Waals surface area contributed by atoms with E-state index >= 15 is 0 Å². The lowest BCUT2D eigenvalue weighted by Gasteiger charge is -2.17. The predicted octanol–water partition coefficient (Wildman–Crippen LogP) is 4.77. The van der Waals surface area contributed by atoms with Gasteiger partial charge in [0.25, 0.3) is 5.56 Å². The number of aromatic nitrogens is 1. The lowest BCUT2D eigenvalue weighted by atomic mass is 10.2. The van der Waals surface area contributed by atoms with Gasteiger partial charge in [-0.05, 0) is 51.1 Å². The Morgan fingerprint density at radius 2 is 1.47 bits per heavy atom. The molecule has 0 bridgehead atoms. The summed E-state index contributed by atoms with van der Waals surface area (Å²) >= 11 is 0. The zero-order valence-electron chi connectivity index (χ0n) is 19.3. The third-order valence-corrected chi connectivity index (χ3v) is 6.67. The number of nitrogens with zero attached hydrogens (tertiary/aromatic N) is 2. The van der Waals surface area contributed by atoms with Gasteiger partial charge in [-0.1, -0.05) is 44.9 Å². The van der Waals surface area contributed by atoms with Crippen molar-refractivity contribution < 1.29 is 4.21 Å². The molecular formula is C24H35N5O2S. The molecule has 1 fully saturated rings. The molecule has 1 heterocycles. The lowest BCUT2D eigenvalue weighted by Crippen LogP contribution is -2.25. The Bertz CT molecular complexity index is 953. The van der Waals surface area contributed by atoms with Crippen LogP contribution < -0.4 is 17.0 Å². The Kier molecular flexibility index (Phi) is 11.4. The number of aliphatic imine (C=N–C) groups is 1. The summed E-state index contributed by atoms with van der Waals surface area (Å²) < 4.78 is 12.0. The zero-order chi connectivity index (χ0) is 24.1. The molecule has 3 rings (SSSR count). The number of benzene rings is 1. The second kappa shape index (κ2) is 13.5. The van der Waals surface area contributed by atoms with Gasteiger partial charge in [0.1, 0.15) is 11.4 Å². The number of pyridine rings is 1. The molecule has 5 N–H and O–H groups in total. The zero-order valence-corrected chi connectivity index (χ0v) is 20.1. The van der Waals surface area contributed by atoms with Crippen molar-refractivity contribution in [3.63, 3.8) is 0 Å². The van der Waals surface area contributed by atoms with E-state index in [1.807, 2.05) is 20.8 Å². The summed E-state index contributed by atoms with van der Waals surface area (Å²) in [6, 6.07) is 8.45. The van der Waals surface area contributed by atoms with E-state index in [1.54, 1.807) is 30.3 Å². The van der Waals surface area contributed by atoms with Crippen LogP contribution in [0.4, 0.5) is 11.4 Å². The first-order chi connectivity index (χ1) is 15.2. The molecule has 32 heavy (non-hydrogen) atoms. The topological polar surface area (TPSA) is 138 Å². The highest BCUT2D eigenvalue weighted by Gasteiger charge is 2.21. The van der Waals surface area contributed by atoms with Gasteiger partial charge in [-0.15, -0.1) is 0 Å². The second-order valence-electron chi connectivity index (χ2n) is 8.48. The van der Waals surface area contributed by atoms with Crippen LogP contribution in [0.5, 0.6) is 0 Å². The van der Waals surface area contributed by atoms with Crippen molar-refractivity contribution in [3.05, 3.63) is 52.4 Å². The van der Waals surface area contributed by atoms with Crippen molar-refractivity contribution in [2.24, 2.45) is 10.7 Å². The van der Waals surface area contributed by atoms with Gasteiger partial charge in [0.15, 0.2) is 0 Å².